The van der Waals surface area contributed by atoms with E-state index in [1.54, 1.807) is 41.0 Å². The molecule has 3 heterocycles. The van der Waals surface area contributed by atoms with E-state index in [1.807, 2.05) is 0 Å². The Morgan fingerprint density at radius 1 is 1.03 bits per heavy atom. The Bertz CT molecular complexity index is 1600. The third kappa shape index (κ3) is 3.79. The number of carbonyl (C=O) groups excluding carboxylic acids is 2. The molecule has 0 fully saturated rings. The summed E-state index contributed by atoms with van der Waals surface area (Å²) in [5, 5.41) is 11.4. The lowest BCUT2D eigenvalue weighted by Gasteiger charge is -2.05. The van der Waals surface area contributed by atoms with Crippen LogP contribution < -0.4 is 11.0 Å². The Labute approximate surface area is 190 Å². The van der Waals surface area contributed by atoms with E-state index in [9.17, 15) is 18.8 Å². The first-order valence-corrected chi connectivity index (χ1v) is 10.1. The molecule has 0 spiro atoms. The molecule has 0 unspecified atom stereocenters. The second-order valence-corrected chi connectivity index (χ2v) is 7.42. The van der Waals surface area contributed by atoms with Crippen LogP contribution in [0.25, 0.3) is 22.4 Å². The first-order chi connectivity index (χ1) is 16.4. The van der Waals surface area contributed by atoms with Crippen LogP contribution in [-0.2, 0) is 16.1 Å². The van der Waals surface area contributed by atoms with E-state index < -0.39 is 17.6 Å². The van der Waals surface area contributed by atoms with Crippen LogP contribution in [0.2, 0.25) is 0 Å². The van der Waals surface area contributed by atoms with Crippen molar-refractivity contribution in [3.63, 3.8) is 0 Å². The lowest BCUT2D eigenvalue weighted by Crippen LogP contribution is -2.28. The highest BCUT2D eigenvalue weighted by molar-refractivity contribution is 5.93. The summed E-state index contributed by atoms with van der Waals surface area (Å²) < 4.78 is 21.8. The molecule has 11 heteroatoms. The number of fused-ring (bicyclic) bond motifs is 3. The molecule has 0 aliphatic carbocycles. The maximum Gasteiger partial charge on any atom is 0.350 e. The van der Waals surface area contributed by atoms with Gasteiger partial charge >= 0.3 is 11.7 Å². The SMILES string of the molecule is COC(=O)c1ccc(NC(=O)Cn2nc3c4cc(-c5ccc(F)cc5)nn4ccn3c2=O)cc1. The summed E-state index contributed by atoms with van der Waals surface area (Å²) in [7, 11) is 1.28. The van der Waals surface area contributed by atoms with Crippen LogP contribution >= 0.6 is 0 Å². The van der Waals surface area contributed by atoms with Crippen molar-refractivity contribution in [1.29, 1.82) is 0 Å². The minimum absolute atomic E-state index is 0.315. The smallest absolute Gasteiger partial charge is 0.350 e. The van der Waals surface area contributed by atoms with E-state index in [0.29, 0.717) is 33.7 Å². The third-order valence-electron chi connectivity index (χ3n) is 5.22. The lowest BCUT2D eigenvalue weighted by molar-refractivity contribution is -0.117. The number of anilines is 1. The Kier molecular flexibility index (Phi) is 5.13. The van der Waals surface area contributed by atoms with Crippen molar-refractivity contribution in [3.05, 3.63) is 88.9 Å². The molecule has 34 heavy (non-hydrogen) atoms. The van der Waals surface area contributed by atoms with Crippen molar-refractivity contribution in [2.75, 3.05) is 12.4 Å². The maximum absolute atomic E-state index is 13.2. The molecule has 1 N–H and O–H groups in total. The Morgan fingerprint density at radius 2 is 1.76 bits per heavy atom. The maximum atomic E-state index is 13.2. The molecule has 0 aliphatic heterocycles. The molecule has 0 radical (unpaired) electrons. The van der Waals surface area contributed by atoms with E-state index >= 15 is 0 Å². The molecule has 1 amide bonds. The zero-order valence-electron chi connectivity index (χ0n) is 17.8. The fraction of sp³-hybridized carbons (Fsp3) is 0.0870. The van der Waals surface area contributed by atoms with Gasteiger partial charge in [0, 0.05) is 23.6 Å². The fourth-order valence-corrected chi connectivity index (χ4v) is 3.54. The lowest BCUT2D eigenvalue weighted by atomic mass is 10.1. The highest BCUT2D eigenvalue weighted by Gasteiger charge is 2.16. The van der Waals surface area contributed by atoms with E-state index in [-0.39, 0.29) is 12.4 Å². The largest absolute Gasteiger partial charge is 0.465 e. The standard InChI is InChI=1S/C23H17FN6O4/c1-34-22(32)15-4-8-17(9-5-15)25-20(31)13-30-23(33)28-10-11-29-19(21(28)27-30)12-18(26-29)14-2-6-16(24)7-3-14/h2-12H,13H2,1H3,(H,25,31). The van der Waals surface area contributed by atoms with Gasteiger partial charge in [-0.1, -0.05) is 0 Å². The van der Waals surface area contributed by atoms with Crippen molar-refractivity contribution in [3.8, 4) is 11.3 Å². The van der Waals surface area contributed by atoms with Gasteiger partial charge < -0.3 is 10.1 Å². The molecule has 2 aromatic carbocycles. The van der Waals surface area contributed by atoms with Gasteiger partial charge in [0.2, 0.25) is 5.91 Å². The predicted octanol–water partition coefficient (Wildman–Crippen LogP) is 2.38. The number of hydrogen-bond acceptors (Lipinski definition) is 6. The monoisotopic (exact) mass is 460 g/mol. The molecule has 5 rings (SSSR count). The van der Waals surface area contributed by atoms with Crippen LogP contribution in [0.3, 0.4) is 0 Å². The molecular formula is C23H17FN6O4. The number of nitrogens with zero attached hydrogens (tertiary/aromatic N) is 5. The highest BCUT2D eigenvalue weighted by atomic mass is 19.1. The number of nitrogens with one attached hydrogen (secondary N) is 1. The minimum Gasteiger partial charge on any atom is -0.465 e. The summed E-state index contributed by atoms with van der Waals surface area (Å²) in [6.45, 7) is -0.315. The number of methoxy groups -OCH3 is 1. The first kappa shape index (κ1) is 21.1. The molecule has 0 saturated heterocycles. The normalized spacial score (nSPS) is 11.1. The van der Waals surface area contributed by atoms with Gasteiger partial charge in [0.25, 0.3) is 0 Å². The number of carbonyl (C=O) groups is 2. The number of halogens is 1. The van der Waals surface area contributed by atoms with Gasteiger partial charge in [-0.2, -0.15) is 5.10 Å². The van der Waals surface area contributed by atoms with Crippen molar-refractivity contribution in [2.24, 2.45) is 0 Å². The van der Waals surface area contributed by atoms with Crippen LogP contribution in [-0.4, -0.2) is 42.8 Å². The number of benzene rings is 2. The van der Waals surface area contributed by atoms with Crippen molar-refractivity contribution < 1.29 is 18.7 Å². The van der Waals surface area contributed by atoms with Crippen LogP contribution in [0.4, 0.5) is 10.1 Å². The van der Waals surface area contributed by atoms with Crippen LogP contribution in [0.15, 0.2) is 71.8 Å². The summed E-state index contributed by atoms with van der Waals surface area (Å²) in [5.41, 5.74) is 2.49. The molecule has 0 bridgehead atoms. The third-order valence-corrected chi connectivity index (χ3v) is 5.22. The molecule has 10 nitrogen and oxygen atoms in total. The quantitative estimate of drug-likeness (QED) is 0.403. The van der Waals surface area contributed by atoms with E-state index in [0.717, 1.165) is 4.68 Å². The minimum atomic E-state index is -0.488. The topological polar surface area (TPSA) is 112 Å². The molecule has 5 aromatic rings. The summed E-state index contributed by atoms with van der Waals surface area (Å²) in [5.74, 6) is -1.30. The molecule has 3 aromatic heterocycles. The van der Waals surface area contributed by atoms with Crippen molar-refractivity contribution >= 4 is 28.7 Å². The molecular weight excluding hydrogens is 443 g/mol. The molecule has 0 aliphatic rings. The summed E-state index contributed by atoms with van der Waals surface area (Å²) >= 11 is 0. The molecule has 0 atom stereocenters. The average molecular weight is 460 g/mol. The van der Waals surface area contributed by atoms with Gasteiger partial charge in [0.05, 0.1) is 18.4 Å². The summed E-state index contributed by atoms with van der Waals surface area (Å²) in [4.78, 5) is 36.8. The van der Waals surface area contributed by atoms with Gasteiger partial charge in [-0.3, -0.25) is 4.79 Å². The van der Waals surface area contributed by atoms with E-state index in [2.05, 4.69) is 20.3 Å². The van der Waals surface area contributed by atoms with Gasteiger partial charge in [-0.15, -0.1) is 5.10 Å². The van der Waals surface area contributed by atoms with Gasteiger partial charge in [0.15, 0.2) is 5.65 Å². The van der Waals surface area contributed by atoms with Crippen molar-refractivity contribution in [1.82, 2.24) is 23.8 Å². The summed E-state index contributed by atoms with van der Waals surface area (Å²) in [6, 6.07) is 13.8. The first-order valence-electron chi connectivity index (χ1n) is 10.1. The van der Waals surface area contributed by atoms with Crippen LogP contribution in [0.1, 0.15) is 10.4 Å². The second kappa shape index (κ2) is 8.28. The van der Waals surface area contributed by atoms with Gasteiger partial charge in [-0.05, 0) is 54.6 Å². The number of amides is 1. The summed E-state index contributed by atoms with van der Waals surface area (Å²) in [6.07, 6.45) is 3.12. The number of esters is 1. The Hall–Kier alpha value is -4.80. The number of aromatic nitrogens is 5. The molecule has 170 valence electrons. The van der Waals surface area contributed by atoms with Gasteiger partial charge in [-0.25, -0.2) is 27.6 Å². The van der Waals surface area contributed by atoms with Gasteiger partial charge in [0.1, 0.15) is 17.9 Å². The zero-order valence-corrected chi connectivity index (χ0v) is 17.8. The number of ether oxygens (including phenoxy) is 1. The average Bonchev–Trinajstić information content (AvgIpc) is 3.41. The number of hydrogen-bond donors (Lipinski definition) is 1. The van der Waals surface area contributed by atoms with Crippen molar-refractivity contribution in [2.45, 2.75) is 6.54 Å². The van der Waals surface area contributed by atoms with Crippen LogP contribution in [0, 0.1) is 5.82 Å². The zero-order chi connectivity index (χ0) is 23.8. The second-order valence-electron chi connectivity index (χ2n) is 7.42. The Morgan fingerprint density at radius 3 is 2.47 bits per heavy atom. The highest BCUT2D eigenvalue weighted by Crippen LogP contribution is 2.21. The molecule has 0 saturated carbocycles. The number of rotatable bonds is 5. The predicted molar refractivity (Wildman–Crippen MR) is 120 cm³/mol. The van der Waals surface area contributed by atoms with E-state index in [1.165, 1.54) is 42.0 Å². The van der Waals surface area contributed by atoms with Crippen LogP contribution in [0.5, 0.6) is 0 Å². The Balaban J connectivity index is 1.41. The fourth-order valence-electron chi connectivity index (χ4n) is 3.54. The van der Waals surface area contributed by atoms with E-state index in [4.69, 9.17) is 0 Å².